The number of hydrazine groups is 1. The standard InChI is InChI=1S/C21H25N3O3/c1-21(2,3)16-9-7-15(8-10-16)19(25)23-18(20(26)24-22)13-14-5-11-17(27-4)12-6-14/h5-13H,22H2,1-4H3,(H,23,25)(H,24,26). The van der Waals surface area contributed by atoms with Crippen molar-refractivity contribution < 1.29 is 14.3 Å². The predicted molar refractivity (Wildman–Crippen MR) is 106 cm³/mol. The fourth-order valence-corrected chi connectivity index (χ4v) is 2.42. The molecule has 0 aliphatic rings. The van der Waals surface area contributed by atoms with Gasteiger partial charge in [-0.1, -0.05) is 45.0 Å². The van der Waals surface area contributed by atoms with Crippen LogP contribution in [0.4, 0.5) is 0 Å². The minimum absolute atomic E-state index is 0.00608. The third-order valence-corrected chi connectivity index (χ3v) is 4.06. The summed E-state index contributed by atoms with van der Waals surface area (Å²) >= 11 is 0. The minimum Gasteiger partial charge on any atom is -0.497 e. The van der Waals surface area contributed by atoms with Gasteiger partial charge in [0.15, 0.2) is 0 Å². The SMILES string of the molecule is COc1ccc(C=C(NC(=O)c2ccc(C(C)(C)C)cc2)C(=O)NN)cc1. The molecule has 4 N–H and O–H groups in total. The number of carbonyl (C=O) groups excluding carboxylic acids is 2. The lowest BCUT2D eigenvalue weighted by Crippen LogP contribution is -2.38. The molecule has 0 aromatic heterocycles. The summed E-state index contributed by atoms with van der Waals surface area (Å²) in [6.45, 7) is 6.30. The lowest BCUT2D eigenvalue weighted by molar-refractivity contribution is -0.117. The number of nitrogens with two attached hydrogens (primary N) is 1. The quantitative estimate of drug-likeness (QED) is 0.328. The number of benzene rings is 2. The Hall–Kier alpha value is -3.12. The van der Waals surface area contributed by atoms with Gasteiger partial charge in [0.1, 0.15) is 11.4 Å². The lowest BCUT2D eigenvalue weighted by atomic mass is 9.87. The summed E-state index contributed by atoms with van der Waals surface area (Å²) in [5.74, 6) is 4.95. The van der Waals surface area contributed by atoms with Gasteiger partial charge in [0.25, 0.3) is 11.8 Å². The summed E-state index contributed by atoms with van der Waals surface area (Å²) in [6, 6.07) is 14.4. The molecule has 2 aromatic carbocycles. The minimum atomic E-state index is -0.592. The van der Waals surface area contributed by atoms with Crippen molar-refractivity contribution in [3.05, 3.63) is 70.9 Å². The highest BCUT2D eigenvalue weighted by Gasteiger charge is 2.16. The lowest BCUT2D eigenvalue weighted by Gasteiger charge is -2.19. The van der Waals surface area contributed by atoms with E-state index in [1.54, 1.807) is 49.6 Å². The zero-order chi connectivity index (χ0) is 20.0. The van der Waals surface area contributed by atoms with Crippen LogP contribution in [0, 0.1) is 0 Å². The first kappa shape index (κ1) is 20.2. The van der Waals surface area contributed by atoms with Gasteiger partial charge in [-0.2, -0.15) is 0 Å². The molecule has 2 amide bonds. The zero-order valence-corrected chi connectivity index (χ0v) is 16.0. The molecular weight excluding hydrogens is 342 g/mol. The monoisotopic (exact) mass is 367 g/mol. The highest BCUT2D eigenvalue weighted by atomic mass is 16.5. The molecule has 0 radical (unpaired) electrons. The fourth-order valence-electron chi connectivity index (χ4n) is 2.42. The first-order valence-corrected chi connectivity index (χ1v) is 8.53. The van der Waals surface area contributed by atoms with Crippen molar-refractivity contribution in [1.82, 2.24) is 10.7 Å². The van der Waals surface area contributed by atoms with Crippen LogP contribution in [0.3, 0.4) is 0 Å². The van der Waals surface area contributed by atoms with E-state index in [2.05, 4.69) is 26.1 Å². The number of hydrogen-bond donors (Lipinski definition) is 3. The van der Waals surface area contributed by atoms with Crippen molar-refractivity contribution in [3.63, 3.8) is 0 Å². The first-order valence-electron chi connectivity index (χ1n) is 8.53. The molecule has 0 aliphatic heterocycles. The Morgan fingerprint density at radius 3 is 2.07 bits per heavy atom. The van der Waals surface area contributed by atoms with Gasteiger partial charge in [0.05, 0.1) is 7.11 Å². The van der Waals surface area contributed by atoms with E-state index >= 15 is 0 Å². The Balaban J connectivity index is 2.23. The van der Waals surface area contributed by atoms with Crippen LogP contribution in [0.2, 0.25) is 0 Å². The first-order chi connectivity index (χ1) is 12.7. The Labute approximate surface area is 159 Å². The predicted octanol–water partition coefficient (Wildman–Crippen LogP) is 2.75. The van der Waals surface area contributed by atoms with Gasteiger partial charge in [-0.25, -0.2) is 5.84 Å². The van der Waals surface area contributed by atoms with Crippen molar-refractivity contribution in [1.29, 1.82) is 0 Å². The summed E-state index contributed by atoms with van der Waals surface area (Å²) in [4.78, 5) is 24.6. The molecule has 27 heavy (non-hydrogen) atoms. The molecule has 0 unspecified atom stereocenters. The molecule has 0 bridgehead atoms. The van der Waals surface area contributed by atoms with Crippen LogP contribution in [-0.4, -0.2) is 18.9 Å². The van der Waals surface area contributed by atoms with Gasteiger partial charge < -0.3 is 10.1 Å². The average Bonchev–Trinajstić information content (AvgIpc) is 2.66. The van der Waals surface area contributed by atoms with Crippen molar-refractivity contribution >= 4 is 17.9 Å². The molecule has 0 saturated carbocycles. The molecule has 2 rings (SSSR count). The van der Waals surface area contributed by atoms with Gasteiger partial charge in [-0.05, 0) is 46.9 Å². The summed E-state index contributed by atoms with van der Waals surface area (Å²) < 4.78 is 5.11. The van der Waals surface area contributed by atoms with E-state index in [-0.39, 0.29) is 17.0 Å². The van der Waals surface area contributed by atoms with Crippen LogP contribution in [-0.2, 0) is 10.2 Å². The van der Waals surface area contributed by atoms with Gasteiger partial charge in [-0.3, -0.25) is 15.0 Å². The average molecular weight is 367 g/mol. The second-order valence-electron chi connectivity index (χ2n) is 7.09. The largest absolute Gasteiger partial charge is 0.497 e. The van der Waals surface area contributed by atoms with Crippen LogP contribution in [0.5, 0.6) is 5.75 Å². The molecule has 0 heterocycles. The third kappa shape index (κ3) is 5.43. The molecule has 0 spiro atoms. The maximum atomic E-state index is 12.5. The highest BCUT2D eigenvalue weighted by molar-refractivity contribution is 6.05. The van der Waals surface area contributed by atoms with Crippen LogP contribution >= 0.6 is 0 Å². The smallest absolute Gasteiger partial charge is 0.281 e. The van der Waals surface area contributed by atoms with E-state index in [0.29, 0.717) is 11.3 Å². The van der Waals surface area contributed by atoms with E-state index in [1.807, 2.05) is 17.6 Å². The molecule has 0 fully saturated rings. The van der Waals surface area contributed by atoms with Crippen LogP contribution in [0.1, 0.15) is 42.3 Å². The molecule has 142 valence electrons. The van der Waals surface area contributed by atoms with Crippen LogP contribution < -0.4 is 21.3 Å². The van der Waals surface area contributed by atoms with Gasteiger partial charge in [0.2, 0.25) is 0 Å². The maximum absolute atomic E-state index is 12.5. The number of ether oxygens (including phenoxy) is 1. The van der Waals surface area contributed by atoms with Crippen molar-refractivity contribution in [3.8, 4) is 5.75 Å². The Kier molecular flexibility index (Phi) is 6.36. The number of rotatable bonds is 5. The Bertz CT molecular complexity index is 832. The van der Waals surface area contributed by atoms with E-state index < -0.39 is 5.91 Å². The number of amides is 2. The molecule has 0 aliphatic carbocycles. The van der Waals surface area contributed by atoms with Crippen molar-refractivity contribution in [2.45, 2.75) is 26.2 Å². The van der Waals surface area contributed by atoms with Gasteiger partial charge in [0, 0.05) is 5.56 Å². The Morgan fingerprint density at radius 2 is 1.59 bits per heavy atom. The van der Waals surface area contributed by atoms with E-state index in [1.165, 1.54) is 0 Å². The van der Waals surface area contributed by atoms with Gasteiger partial charge in [-0.15, -0.1) is 0 Å². The number of nitrogens with one attached hydrogen (secondary N) is 2. The molecule has 0 saturated heterocycles. The normalized spacial score (nSPS) is 11.7. The zero-order valence-electron chi connectivity index (χ0n) is 16.0. The summed E-state index contributed by atoms with van der Waals surface area (Å²) in [5.41, 5.74) is 4.38. The topological polar surface area (TPSA) is 93.4 Å². The number of hydrogen-bond acceptors (Lipinski definition) is 4. The number of methoxy groups -OCH3 is 1. The fraction of sp³-hybridized carbons (Fsp3) is 0.238. The highest BCUT2D eigenvalue weighted by Crippen LogP contribution is 2.22. The Morgan fingerprint density at radius 1 is 1.00 bits per heavy atom. The van der Waals surface area contributed by atoms with Crippen LogP contribution in [0.25, 0.3) is 6.08 Å². The molecular formula is C21H25N3O3. The van der Waals surface area contributed by atoms with E-state index in [9.17, 15) is 9.59 Å². The molecule has 2 aromatic rings. The second-order valence-corrected chi connectivity index (χ2v) is 7.09. The second kappa shape index (κ2) is 8.51. The molecule has 0 atom stereocenters. The van der Waals surface area contributed by atoms with Crippen LogP contribution in [0.15, 0.2) is 54.2 Å². The molecule has 6 heteroatoms. The van der Waals surface area contributed by atoms with Crippen molar-refractivity contribution in [2.75, 3.05) is 7.11 Å². The summed E-state index contributed by atoms with van der Waals surface area (Å²) in [7, 11) is 1.57. The van der Waals surface area contributed by atoms with E-state index in [4.69, 9.17) is 10.6 Å². The number of carbonyl (C=O) groups is 2. The van der Waals surface area contributed by atoms with Gasteiger partial charge >= 0.3 is 0 Å². The van der Waals surface area contributed by atoms with Crippen molar-refractivity contribution in [2.24, 2.45) is 5.84 Å². The van der Waals surface area contributed by atoms with E-state index in [0.717, 1.165) is 11.1 Å². The summed E-state index contributed by atoms with van der Waals surface area (Å²) in [5, 5.41) is 2.62. The molecule has 6 nitrogen and oxygen atoms in total. The summed E-state index contributed by atoms with van der Waals surface area (Å²) in [6.07, 6.45) is 1.54. The maximum Gasteiger partial charge on any atom is 0.281 e. The third-order valence-electron chi connectivity index (χ3n) is 4.06.